The predicted octanol–water partition coefficient (Wildman–Crippen LogP) is 1.89. The second kappa shape index (κ2) is 8.66. The van der Waals surface area contributed by atoms with Crippen LogP contribution in [-0.2, 0) is 9.59 Å². The summed E-state index contributed by atoms with van der Waals surface area (Å²) >= 11 is 0. The van der Waals surface area contributed by atoms with Crippen molar-refractivity contribution in [2.24, 2.45) is 0 Å². The van der Waals surface area contributed by atoms with Crippen molar-refractivity contribution in [2.45, 2.75) is 6.10 Å². The van der Waals surface area contributed by atoms with Crippen LogP contribution in [0.1, 0.15) is 0 Å². The first-order valence-corrected chi connectivity index (χ1v) is 9.63. The molecule has 0 unspecified atom stereocenters. The number of ether oxygens (including phenoxy) is 2. The Balaban J connectivity index is 1.25. The summed E-state index contributed by atoms with van der Waals surface area (Å²) in [5.41, 5.74) is 0.0704. The monoisotopic (exact) mass is 417 g/mol. The summed E-state index contributed by atoms with van der Waals surface area (Å²) in [5.74, 6) is -0.867. The fourth-order valence-corrected chi connectivity index (χ4v) is 3.50. The SMILES string of the molecule is O=C(CN1CCN(C(=O)[C@@H]2COc3ccccc3O2)CC1)Nc1cc(F)cc(F)c1. The molecule has 2 aliphatic heterocycles. The van der Waals surface area contributed by atoms with Crippen LogP contribution in [0.5, 0.6) is 11.5 Å². The third-order valence-electron chi connectivity index (χ3n) is 4.98. The van der Waals surface area contributed by atoms with Crippen LogP contribution in [0.2, 0.25) is 0 Å². The van der Waals surface area contributed by atoms with Gasteiger partial charge in [-0.2, -0.15) is 0 Å². The molecule has 0 spiro atoms. The summed E-state index contributed by atoms with van der Waals surface area (Å²) in [6.07, 6.45) is -0.697. The molecule has 0 aliphatic carbocycles. The van der Waals surface area contributed by atoms with Crippen molar-refractivity contribution in [3.8, 4) is 11.5 Å². The molecular weight excluding hydrogens is 396 g/mol. The van der Waals surface area contributed by atoms with E-state index in [1.807, 2.05) is 17.0 Å². The third kappa shape index (κ3) is 4.68. The number of hydrogen-bond donors (Lipinski definition) is 1. The van der Waals surface area contributed by atoms with Gasteiger partial charge in [-0.1, -0.05) is 12.1 Å². The van der Waals surface area contributed by atoms with Gasteiger partial charge in [0.1, 0.15) is 18.2 Å². The number of hydrogen-bond acceptors (Lipinski definition) is 5. The molecule has 7 nitrogen and oxygen atoms in total. The van der Waals surface area contributed by atoms with Crippen LogP contribution in [0, 0.1) is 11.6 Å². The van der Waals surface area contributed by atoms with Crippen molar-refractivity contribution < 1.29 is 27.8 Å². The van der Waals surface area contributed by atoms with E-state index in [1.54, 1.807) is 17.0 Å². The van der Waals surface area contributed by atoms with Gasteiger partial charge in [0.15, 0.2) is 11.5 Å². The van der Waals surface area contributed by atoms with Crippen LogP contribution in [0.15, 0.2) is 42.5 Å². The summed E-state index contributed by atoms with van der Waals surface area (Å²) in [4.78, 5) is 28.5. The molecule has 0 aromatic heterocycles. The molecule has 0 saturated carbocycles. The molecule has 158 valence electrons. The van der Waals surface area contributed by atoms with Crippen molar-refractivity contribution in [3.05, 3.63) is 54.1 Å². The fourth-order valence-electron chi connectivity index (χ4n) is 3.50. The minimum absolute atomic E-state index is 0.0660. The van der Waals surface area contributed by atoms with Gasteiger partial charge in [-0.25, -0.2) is 8.78 Å². The summed E-state index contributed by atoms with van der Waals surface area (Å²) in [6, 6.07) is 10.1. The molecule has 30 heavy (non-hydrogen) atoms. The molecule has 1 saturated heterocycles. The van der Waals surface area contributed by atoms with Crippen LogP contribution in [0.3, 0.4) is 0 Å². The van der Waals surface area contributed by atoms with Crippen molar-refractivity contribution in [3.63, 3.8) is 0 Å². The zero-order chi connectivity index (χ0) is 21.1. The molecule has 9 heteroatoms. The van der Waals surface area contributed by atoms with Gasteiger partial charge in [0.05, 0.1) is 6.54 Å². The molecule has 2 aromatic rings. The molecule has 2 aromatic carbocycles. The van der Waals surface area contributed by atoms with Gasteiger partial charge in [0.2, 0.25) is 12.0 Å². The van der Waals surface area contributed by atoms with Gasteiger partial charge >= 0.3 is 0 Å². The zero-order valence-electron chi connectivity index (χ0n) is 16.1. The normalized spacial score (nSPS) is 18.7. The number of nitrogens with zero attached hydrogens (tertiary/aromatic N) is 2. The van der Waals surface area contributed by atoms with Gasteiger partial charge in [-0.05, 0) is 24.3 Å². The molecule has 2 heterocycles. The molecule has 1 atom stereocenters. The summed E-state index contributed by atoms with van der Waals surface area (Å²) < 4.78 is 37.8. The number of anilines is 1. The Morgan fingerprint density at radius 3 is 2.37 bits per heavy atom. The second-order valence-electron chi connectivity index (χ2n) is 7.17. The minimum Gasteiger partial charge on any atom is -0.485 e. The van der Waals surface area contributed by atoms with Crippen LogP contribution in [0.25, 0.3) is 0 Å². The molecule has 1 N–H and O–H groups in total. The predicted molar refractivity (Wildman–Crippen MR) is 104 cm³/mol. The molecule has 0 radical (unpaired) electrons. The molecule has 1 fully saturated rings. The number of rotatable bonds is 4. The van der Waals surface area contributed by atoms with Crippen molar-refractivity contribution in [1.82, 2.24) is 9.80 Å². The topological polar surface area (TPSA) is 71.1 Å². The average Bonchev–Trinajstić information content (AvgIpc) is 2.72. The van der Waals surface area contributed by atoms with Crippen LogP contribution in [0.4, 0.5) is 14.5 Å². The van der Waals surface area contributed by atoms with E-state index in [1.165, 1.54) is 0 Å². The summed E-state index contributed by atoms with van der Waals surface area (Å²) in [5, 5.41) is 2.49. The Morgan fingerprint density at radius 1 is 1.00 bits per heavy atom. The fraction of sp³-hybridized carbons (Fsp3) is 0.333. The second-order valence-corrected chi connectivity index (χ2v) is 7.17. The van der Waals surface area contributed by atoms with E-state index in [4.69, 9.17) is 9.47 Å². The lowest BCUT2D eigenvalue weighted by molar-refractivity contribution is -0.143. The third-order valence-corrected chi connectivity index (χ3v) is 4.98. The van der Waals surface area contributed by atoms with E-state index in [0.29, 0.717) is 37.7 Å². The Morgan fingerprint density at radius 2 is 1.67 bits per heavy atom. The van der Waals surface area contributed by atoms with E-state index in [-0.39, 0.29) is 30.7 Å². The van der Waals surface area contributed by atoms with Crippen molar-refractivity contribution >= 4 is 17.5 Å². The van der Waals surface area contributed by atoms with Gasteiger partial charge in [-0.3, -0.25) is 14.5 Å². The van der Waals surface area contributed by atoms with Crippen LogP contribution < -0.4 is 14.8 Å². The molecule has 0 bridgehead atoms. The quantitative estimate of drug-likeness (QED) is 0.823. The van der Waals surface area contributed by atoms with Crippen molar-refractivity contribution in [2.75, 3.05) is 44.6 Å². The van der Waals surface area contributed by atoms with E-state index in [9.17, 15) is 18.4 Å². The highest BCUT2D eigenvalue weighted by atomic mass is 19.1. The highest BCUT2D eigenvalue weighted by Gasteiger charge is 2.32. The Hall–Kier alpha value is -3.20. The number of para-hydroxylation sites is 2. The largest absolute Gasteiger partial charge is 0.485 e. The lowest BCUT2D eigenvalue weighted by Crippen LogP contribution is -2.54. The smallest absolute Gasteiger partial charge is 0.267 e. The number of carbonyl (C=O) groups excluding carboxylic acids is 2. The van der Waals surface area contributed by atoms with Gasteiger partial charge in [-0.15, -0.1) is 0 Å². The lowest BCUT2D eigenvalue weighted by atomic mass is 10.2. The highest BCUT2D eigenvalue weighted by molar-refractivity contribution is 5.92. The number of carbonyl (C=O) groups is 2. The molecule has 2 amide bonds. The number of piperazine rings is 1. The lowest BCUT2D eigenvalue weighted by Gasteiger charge is -2.36. The standard InChI is InChI=1S/C21H21F2N3O4/c22-14-9-15(23)11-16(10-14)24-20(27)12-25-5-7-26(8-6-25)21(28)19-13-29-17-3-1-2-4-18(17)30-19/h1-4,9-11,19H,5-8,12-13H2,(H,24,27)/t19-/m0/s1. The average molecular weight is 417 g/mol. The Labute approximate surface area is 172 Å². The van der Waals surface area contributed by atoms with Crippen molar-refractivity contribution in [1.29, 1.82) is 0 Å². The maximum absolute atomic E-state index is 13.2. The number of amides is 2. The van der Waals surface area contributed by atoms with E-state index in [0.717, 1.165) is 18.2 Å². The van der Waals surface area contributed by atoms with Gasteiger partial charge in [0.25, 0.3) is 5.91 Å². The minimum atomic E-state index is -0.756. The number of fused-ring (bicyclic) bond motifs is 1. The van der Waals surface area contributed by atoms with E-state index in [2.05, 4.69) is 5.32 Å². The first kappa shape index (κ1) is 20.1. The summed E-state index contributed by atoms with van der Waals surface area (Å²) in [6.45, 7) is 2.12. The van der Waals surface area contributed by atoms with Crippen LogP contribution >= 0.6 is 0 Å². The molecule has 4 rings (SSSR count). The van der Waals surface area contributed by atoms with Gasteiger partial charge in [0, 0.05) is 37.9 Å². The first-order chi connectivity index (χ1) is 14.5. The maximum atomic E-state index is 13.2. The van der Waals surface area contributed by atoms with E-state index < -0.39 is 17.7 Å². The Bertz CT molecular complexity index is 927. The highest BCUT2D eigenvalue weighted by Crippen LogP contribution is 2.31. The maximum Gasteiger partial charge on any atom is 0.267 e. The molecular formula is C21H21F2N3O4. The first-order valence-electron chi connectivity index (χ1n) is 9.63. The number of halogens is 2. The molecule has 2 aliphatic rings. The van der Waals surface area contributed by atoms with E-state index >= 15 is 0 Å². The zero-order valence-corrected chi connectivity index (χ0v) is 16.1. The number of nitrogens with one attached hydrogen (secondary N) is 1. The van der Waals surface area contributed by atoms with Crippen LogP contribution in [-0.4, -0.2) is 67.0 Å². The Kier molecular flexibility index (Phi) is 5.80. The summed E-state index contributed by atoms with van der Waals surface area (Å²) in [7, 11) is 0. The van der Waals surface area contributed by atoms with Gasteiger partial charge < -0.3 is 19.7 Å². The number of benzene rings is 2.